The van der Waals surface area contributed by atoms with Gasteiger partial charge in [0.1, 0.15) is 35.5 Å². The lowest BCUT2D eigenvalue weighted by Crippen LogP contribution is -2.62. The number of carbonyl (C=O) groups is 5. The molecule has 1 aliphatic heterocycles. The van der Waals surface area contributed by atoms with Gasteiger partial charge >= 0.3 is 23.9 Å². The van der Waals surface area contributed by atoms with Crippen molar-refractivity contribution in [2.45, 2.75) is 58.4 Å². The summed E-state index contributed by atoms with van der Waals surface area (Å²) in [4.78, 5) is 59.9. The lowest BCUT2D eigenvalue weighted by molar-refractivity contribution is -0.285. The van der Waals surface area contributed by atoms with E-state index < -0.39 is 72.7 Å². The van der Waals surface area contributed by atoms with Gasteiger partial charge in [0.25, 0.3) is 0 Å². The number of hydrogen-bond donors (Lipinski definition) is 2. The molecule has 1 fully saturated rings. The zero-order valence-corrected chi connectivity index (χ0v) is 22.0. The van der Waals surface area contributed by atoms with Gasteiger partial charge in [-0.2, -0.15) is 0 Å². The average molecular weight is 561 g/mol. The molecule has 2 N–H and O–H groups in total. The van der Waals surface area contributed by atoms with Crippen molar-refractivity contribution in [2.24, 2.45) is 0 Å². The van der Waals surface area contributed by atoms with E-state index in [0.717, 1.165) is 39.8 Å². The quantitative estimate of drug-likeness (QED) is 0.196. The van der Waals surface area contributed by atoms with E-state index in [1.54, 1.807) is 18.2 Å². The highest BCUT2D eigenvalue weighted by molar-refractivity contribution is 6.00. The Kier molecular flexibility index (Phi) is 9.80. The highest BCUT2D eigenvalue weighted by Crippen LogP contribution is 2.37. The van der Waals surface area contributed by atoms with Crippen LogP contribution in [0.3, 0.4) is 0 Å². The van der Waals surface area contributed by atoms with Gasteiger partial charge in [-0.05, 0) is 19.1 Å². The molecule has 0 amide bonds. The van der Waals surface area contributed by atoms with E-state index in [1.807, 2.05) is 0 Å². The summed E-state index contributed by atoms with van der Waals surface area (Å²) in [5, 5.41) is 21.6. The number of aromatic hydroxyl groups is 1. The predicted molar refractivity (Wildman–Crippen MR) is 133 cm³/mol. The smallest absolute Gasteiger partial charge is 0.343 e. The number of esters is 4. The van der Waals surface area contributed by atoms with Crippen molar-refractivity contribution >= 4 is 29.7 Å². The summed E-state index contributed by atoms with van der Waals surface area (Å²) in [5.74, 6) is -4.92. The number of phenols is 1. The van der Waals surface area contributed by atoms with Crippen molar-refractivity contribution < 1.29 is 62.6 Å². The molecule has 5 unspecified atom stereocenters. The van der Waals surface area contributed by atoms with E-state index in [4.69, 9.17) is 28.4 Å². The van der Waals surface area contributed by atoms with E-state index in [0.29, 0.717) is 0 Å². The molecule has 0 spiro atoms. The lowest BCUT2D eigenvalue weighted by Gasteiger charge is -2.42. The van der Waals surface area contributed by atoms with Crippen LogP contribution in [0.2, 0.25) is 0 Å². The third-order valence-corrected chi connectivity index (χ3v) is 5.54. The molecule has 0 aliphatic carbocycles. The van der Waals surface area contributed by atoms with Crippen molar-refractivity contribution in [3.63, 3.8) is 0 Å². The topological polar surface area (TPSA) is 181 Å². The molecule has 0 bridgehead atoms. The Morgan fingerprint density at radius 3 is 2.08 bits per heavy atom. The normalized spacial score (nSPS) is 22.0. The number of rotatable bonds is 9. The summed E-state index contributed by atoms with van der Waals surface area (Å²) in [6.07, 6.45) is -7.77. The van der Waals surface area contributed by atoms with Crippen LogP contribution in [0.1, 0.15) is 48.4 Å². The van der Waals surface area contributed by atoms with E-state index in [-0.39, 0.29) is 22.6 Å². The lowest BCUT2D eigenvalue weighted by atomic mass is 9.98. The van der Waals surface area contributed by atoms with Crippen molar-refractivity contribution in [1.82, 2.24) is 0 Å². The predicted octanol–water partition coefficient (Wildman–Crippen LogP) is 1.71. The highest BCUT2D eigenvalue weighted by atomic mass is 16.7. The van der Waals surface area contributed by atoms with Gasteiger partial charge in [0.05, 0.1) is 5.56 Å². The largest absolute Gasteiger partial charge is 0.507 e. The molecule has 0 radical (unpaired) electrons. The van der Waals surface area contributed by atoms with Crippen LogP contribution in [-0.2, 0) is 33.3 Å². The van der Waals surface area contributed by atoms with E-state index >= 15 is 0 Å². The first kappa shape index (κ1) is 30.1. The third kappa shape index (κ3) is 7.55. The Balaban J connectivity index is 1.98. The molecule has 3 rings (SSSR count). The van der Waals surface area contributed by atoms with Crippen LogP contribution in [0, 0.1) is 0 Å². The monoisotopic (exact) mass is 560 g/mol. The number of aliphatic hydroxyl groups excluding tert-OH is 1. The highest BCUT2D eigenvalue weighted by Gasteiger charge is 2.51. The van der Waals surface area contributed by atoms with Gasteiger partial charge in [-0.1, -0.05) is 18.2 Å². The van der Waals surface area contributed by atoms with Crippen molar-refractivity contribution in [2.75, 3.05) is 6.61 Å². The second kappa shape index (κ2) is 13.0. The Hall–Kier alpha value is -4.49. The van der Waals surface area contributed by atoms with Crippen LogP contribution in [-0.4, -0.2) is 77.2 Å². The molecule has 2 aromatic rings. The van der Waals surface area contributed by atoms with Gasteiger partial charge in [-0.25, -0.2) is 4.79 Å². The van der Waals surface area contributed by atoms with Crippen molar-refractivity contribution in [3.8, 4) is 17.2 Å². The average Bonchev–Trinajstić information content (AvgIpc) is 2.86. The van der Waals surface area contributed by atoms with Gasteiger partial charge in [0.15, 0.2) is 24.1 Å². The Bertz CT molecular complexity index is 1270. The molecule has 2 aromatic carbocycles. The van der Waals surface area contributed by atoms with Crippen LogP contribution in [0.15, 0.2) is 42.5 Å². The maximum Gasteiger partial charge on any atom is 0.343 e. The number of Topliss-reactive ketones (excluding diaryl/α,β-unsaturated/α-hetero) is 1. The number of ketones is 1. The fraction of sp³-hybridized carbons (Fsp3) is 0.370. The minimum Gasteiger partial charge on any atom is -0.507 e. The maximum absolute atomic E-state index is 12.5. The molecule has 0 aromatic heterocycles. The van der Waals surface area contributed by atoms with Crippen LogP contribution in [0.4, 0.5) is 0 Å². The van der Waals surface area contributed by atoms with E-state index in [1.165, 1.54) is 12.1 Å². The fourth-order valence-corrected chi connectivity index (χ4v) is 3.93. The fourth-order valence-electron chi connectivity index (χ4n) is 3.93. The molecule has 13 nitrogen and oxygen atoms in total. The summed E-state index contributed by atoms with van der Waals surface area (Å²) in [5.41, 5.74) is -0.127. The molecule has 5 atom stereocenters. The number of aliphatic hydroxyl groups is 1. The number of carbonyl (C=O) groups excluding carboxylic acids is 5. The summed E-state index contributed by atoms with van der Waals surface area (Å²) >= 11 is 0. The summed E-state index contributed by atoms with van der Waals surface area (Å²) < 4.78 is 32.2. The molecule has 1 aliphatic rings. The zero-order valence-electron chi connectivity index (χ0n) is 22.0. The van der Waals surface area contributed by atoms with E-state index in [9.17, 15) is 34.2 Å². The Morgan fingerprint density at radius 2 is 1.50 bits per heavy atom. The SMILES string of the molecule is CC(=O)OCC1OC(Oc2cc(OC(=O)c3ccccc3)cc(O)c2C(C)=O)C(O)C(OC(C)=O)C1OC(C)=O. The van der Waals surface area contributed by atoms with Crippen LogP contribution in [0.25, 0.3) is 0 Å². The molecule has 214 valence electrons. The minimum atomic E-state index is -1.81. The van der Waals surface area contributed by atoms with Crippen molar-refractivity contribution in [1.29, 1.82) is 0 Å². The number of ether oxygens (including phenoxy) is 6. The maximum atomic E-state index is 12.5. The Morgan fingerprint density at radius 1 is 0.875 bits per heavy atom. The molecule has 13 heteroatoms. The third-order valence-electron chi connectivity index (χ3n) is 5.54. The minimum absolute atomic E-state index is 0.206. The molecular formula is C27H28O13. The second-order valence-electron chi connectivity index (χ2n) is 8.73. The zero-order chi connectivity index (χ0) is 29.6. The van der Waals surface area contributed by atoms with Gasteiger partial charge in [-0.15, -0.1) is 0 Å². The molecule has 1 saturated heterocycles. The number of benzene rings is 2. The van der Waals surface area contributed by atoms with Gasteiger partial charge in [0, 0.05) is 32.9 Å². The molecule has 1 heterocycles. The first-order valence-electron chi connectivity index (χ1n) is 12.0. The van der Waals surface area contributed by atoms with Gasteiger partial charge in [-0.3, -0.25) is 19.2 Å². The number of hydrogen-bond acceptors (Lipinski definition) is 13. The van der Waals surface area contributed by atoms with E-state index in [2.05, 4.69) is 0 Å². The van der Waals surface area contributed by atoms with Gasteiger partial charge < -0.3 is 38.6 Å². The summed E-state index contributed by atoms with van der Waals surface area (Å²) in [6.45, 7) is 3.90. The molecular weight excluding hydrogens is 532 g/mol. The van der Waals surface area contributed by atoms with Crippen LogP contribution >= 0.6 is 0 Å². The molecule has 0 saturated carbocycles. The molecule has 40 heavy (non-hydrogen) atoms. The first-order valence-corrected chi connectivity index (χ1v) is 12.0. The van der Waals surface area contributed by atoms with Crippen molar-refractivity contribution in [3.05, 3.63) is 53.6 Å². The first-order chi connectivity index (χ1) is 18.9. The van der Waals surface area contributed by atoms with Crippen LogP contribution < -0.4 is 9.47 Å². The van der Waals surface area contributed by atoms with Crippen LogP contribution in [0.5, 0.6) is 17.2 Å². The van der Waals surface area contributed by atoms with Gasteiger partial charge in [0.2, 0.25) is 6.29 Å². The second-order valence-corrected chi connectivity index (χ2v) is 8.73. The summed E-state index contributed by atoms with van der Waals surface area (Å²) in [7, 11) is 0. The number of phenolic OH excluding ortho intramolecular Hbond substituents is 1. The Labute approximate surface area is 228 Å². The summed E-state index contributed by atoms with van der Waals surface area (Å²) in [6, 6.07) is 10.1. The standard InChI is InChI=1S/C27H28O13/c1-13(28)22-19(32)10-18(38-26(34)17-8-6-5-7-9-17)11-20(22)39-27-23(33)25(37-16(4)31)24(36-15(3)30)21(40-27)12-35-14(2)29/h5-11,21,23-25,27,32-33H,12H2,1-4H3.